The standard InChI is InChI=1S/C15H21Cl2NO4/c1-21-12-6-11(16)10(13(17)14(12)22-2)7-18-5-3-4-15(20,8-18)9-19/h6,19-20H,3-5,7-9H2,1-2H3/t15-/m1/s1. The third-order valence-corrected chi connectivity index (χ3v) is 4.71. The second-order valence-corrected chi connectivity index (χ2v) is 6.37. The van der Waals surface area contributed by atoms with Gasteiger partial charge in [-0.2, -0.15) is 0 Å². The van der Waals surface area contributed by atoms with Crippen molar-refractivity contribution in [3.63, 3.8) is 0 Å². The number of hydrogen-bond donors (Lipinski definition) is 2. The monoisotopic (exact) mass is 349 g/mol. The highest BCUT2D eigenvalue weighted by Crippen LogP contribution is 2.42. The van der Waals surface area contributed by atoms with Crippen LogP contribution in [0.3, 0.4) is 0 Å². The van der Waals surface area contributed by atoms with Crippen LogP contribution in [-0.4, -0.2) is 54.6 Å². The molecule has 0 spiro atoms. The van der Waals surface area contributed by atoms with Crippen molar-refractivity contribution in [1.82, 2.24) is 4.90 Å². The van der Waals surface area contributed by atoms with Gasteiger partial charge in [0.2, 0.25) is 0 Å². The fourth-order valence-corrected chi connectivity index (χ4v) is 3.43. The fourth-order valence-electron chi connectivity index (χ4n) is 2.80. The lowest BCUT2D eigenvalue weighted by Crippen LogP contribution is -2.50. The van der Waals surface area contributed by atoms with Crippen molar-refractivity contribution >= 4 is 23.2 Å². The van der Waals surface area contributed by atoms with E-state index in [-0.39, 0.29) is 6.61 Å². The molecule has 124 valence electrons. The lowest BCUT2D eigenvalue weighted by Gasteiger charge is -2.38. The topological polar surface area (TPSA) is 62.2 Å². The first-order chi connectivity index (χ1) is 10.4. The van der Waals surface area contributed by atoms with Crippen LogP contribution in [-0.2, 0) is 6.54 Å². The summed E-state index contributed by atoms with van der Waals surface area (Å²) >= 11 is 12.7. The number of aliphatic hydroxyl groups is 2. The van der Waals surface area contributed by atoms with Crippen molar-refractivity contribution < 1.29 is 19.7 Å². The molecule has 0 saturated carbocycles. The van der Waals surface area contributed by atoms with Crippen LogP contribution in [0.15, 0.2) is 6.07 Å². The van der Waals surface area contributed by atoms with E-state index in [9.17, 15) is 10.2 Å². The first-order valence-corrected chi connectivity index (χ1v) is 7.84. The van der Waals surface area contributed by atoms with E-state index < -0.39 is 5.60 Å². The Morgan fingerprint density at radius 2 is 2.05 bits per heavy atom. The Balaban J connectivity index is 2.26. The van der Waals surface area contributed by atoms with Gasteiger partial charge in [-0.25, -0.2) is 0 Å². The number of ether oxygens (including phenoxy) is 2. The Bertz CT molecular complexity index is 541. The van der Waals surface area contributed by atoms with Crippen LogP contribution in [0.25, 0.3) is 0 Å². The highest BCUT2D eigenvalue weighted by atomic mass is 35.5. The second kappa shape index (κ2) is 7.23. The summed E-state index contributed by atoms with van der Waals surface area (Å²) in [6.07, 6.45) is 1.40. The predicted molar refractivity (Wildman–Crippen MR) is 86.1 cm³/mol. The molecule has 1 fully saturated rings. The van der Waals surface area contributed by atoms with Crippen molar-refractivity contribution in [3.8, 4) is 11.5 Å². The molecule has 2 N–H and O–H groups in total. The first-order valence-electron chi connectivity index (χ1n) is 7.08. The van der Waals surface area contributed by atoms with E-state index in [0.717, 1.165) is 18.5 Å². The third kappa shape index (κ3) is 3.60. The van der Waals surface area contributed by atoms with Gasteiger partial charge in [0.25, 0.3) is 0 Å². The maximum atomic E-state index is 10.2. The summed E-state index contributed by atoms with van der Waals surface area (Å²) < 4.78 is 10.5. The first kappa shape index (κ1) is 17.6. The molecule has 0 radical (unpaired) electrons. The van der Waals surface area contributed by atoms with Crippen molar-refractivity contribution in [3.05, 3.63) is 21.7 Å². The number of nitrogens with zero attached hydrogens (tertiary/aromatic N) is 1. The highest BCUT2D eigenvalue weighted by molar-refractivity contribution is 6.37. The van der Waals surface area contributed by atoms with Gasteiger partial charge < -0.3 is 19.7 Å². The van der Waals surface area contributed by atoms with E-state index in [4.69, 9.17) is 32.7 Å². The molecule has 22 heavy (non-hydrogen) atoms. The van der Waals surface area contributed by atoms with Gasteiger partial charge in [0, 0.05) is 24.7 Å². The van der Waals surface area contributed by atoms with E-state index in [1.54, 1.807) is 6.07 Å². The number of aliphatic hydroxyl groups excluding tert-OH is 1. The number of benzene rings is 1. The molecule has 0 bridgehead atoms. The maximum absolute atomic E-state index is 10.2. The zero-order valence-corrected chi connectivity index (χ0v) is 14.2. The van der Waals surface area contributed by atoms with E-state index in [1.165, 1.54) is 14.2 Å². The molecule has 0 aromatic heterocycles. The normalized spacial score (nSPS) is 22.6. The number of likely N-dealkylation sites (tertiary alicyclic amines) is 1. The molecule has 0 aliphatic carbocycles. The Labute approximate surface area is 140 Å². The summed E-state index contributed by atoms with van der Waals surface area (Å²) in [4.78, 5) is 2.03. The summed E-state index contributed by atoms with van der Waals surface area (Å²) in [7, 11) is 3.04. The van der Waals surface area contributed by atoms with Crippen molar-refractivity contribution in [2.24, 2.45) is 0 Å². The number of hydrogen-bond acceptors (Lipinski definition) is 5. The molecule has 0 amide bonds. The van der Waals surface area contributed by atoms with Gasteiger partial charge in [-0.05, 0) is 19.4 Å². The van der Waals surface area contributed by atoms with Gasteiger partial charge in [0.15, 0.2) is 11.5 Å². The zero-order valence-electron chi connectivity index (χ0n) is 12.7. The van der Waals surface area contributed by atoms with E-state index in [0.29, 0.717) is 41.1 Å². The molecule has 5 nitrogen and oxygen atoms in total. The summed E-state index contributed by atoms with van der Waals surface area (Å²) in [6, 6.07) is 1.67. The van der Waals surface area contributed by atoms with E-state index in [2.05, 4.69) is 0 Å². The Morgan fingerprint density at radius 1 is 1.32 bits per heavy atom. The van der Waals surface area contributed by atoms with Gasteiger partial charge in [-0.15, -0.1) is 0 Å². The van der Waals surface area contributed by atoms with Crippen LogP contribution in [0.2, 0.25) is 10.0 Å². The quantitative estimate of drug-likeness (QED) is 0.854. The lowest BCUT2D eigenvalue weighted by atomic mass is 9.93. The Morgan fingerprint density at radius 3 is 2.64 bits per heavy atom. The molecule has 1 aromatic carbocycles. The number of halogens is 2. The van der Waals surface area contributed by atoms with Crippen LogP contribution in [0.4, 0.5) is 0 Å². The number of rotatable bonds is 5. The van der Waals surface area contributed by atoms with Crippen LogP contribution in [0, 0.1) is 0 Å². The molecule has 0 unspecified atom stereocenters. The van der Waals surface area contributed by atoms with Crippen molar-refractivity contribution in [2.75, 3.05) is 33.9 Å². The fraction of sp³-hybridized carbons (Fsp3) is 0.600. The second-order valence-electron chi connectivity index (χ2n) is 5.58. The van der Waals surface area contributed by atoms with E-state index >= 15 is 0 Å². The third-order valence-electron chi connectivity index (χ3n) is 3.97. The molecule has 1 saturated heterocycles. The molecular weight excluding hydrogens is 329 g/mol. The molecule has 2 rings (SSSR count). The Kier molecular flexibility index (Phi) is 5.80. The SMILES string of the molecule is COc1cc(Cl)c(CN2CCC[C@](O)(CO)C2)c(Cl)c1OC. The van der Waals surface area contributed by atoms with Gasteiger partial charge in [-0.1, -0.05) is 23.2 Å². The minimum atomic E-state index is -1.06. The van der Waals surface area contributed by atoms with Crippen LogP contribution >= 0.6 is 23.2 Å². The van der Waals surface area contributed by atoms with Gasteiger partial charge >= 0.3 is 0 Å². The zero-order chi connectivity index (χ0) is 16.3. The average molecular weight is 350 g/mol. The molecule has 1 aliphatic rings. The summed E-state index contributed by atoms with van der Waals surface area (Å²) in [6.45, 7) is 1.41. The number of piperidine rings is 1. The number of methoxy groups -OCH3 is 2. The molecule has 7 heteroatoms. The lowest BCUT2D eigenvalue weighted by molar-refractivity contribution is -0.0687. The molecular formula is C15H21Cl2NO4. The van der Waals surface area contributed by atoms with Crippen LogP contribution < -0.4 is 9.47 Å². The van der Waals surface area contributed by atoms with Crippen molar-refractivity contribution in [1.29, 1.82) is 0 Å². The molecule has 1 atom stereocenters. The molecule has 1 aliphatic heterocycles. The van der Waals surface area contributed by atoms with Crippen LogP contribution in [0.5, 0.6) is 11.5 Å². The highest BCUT2D eigenvalue weighted by Gasteiger charge is 2.33. The van der Waals surface area contributed by atoms with Gasteiger partial charge in [-0.3, -0.25) is 4.90 Å². The minimum Gasteiger partial charge on any atom is -0.493 e. The summed E-state index contributed by atoms with van der Waals surface area (Å²) in [5.41, 5.74) is -0.337. The summed E-state index contributed by atoms with van der Waals surface area (Å²) in [5.74, 6) is 0.921. The summed E-state index contributed by atoms with van der Waals surface area (Å²) in [5, 5.41) is 20.5. The Hall–Kier alpha value is -0.720. The molecule has 1 aromatic rings. The van der Waals surface area contributed by atoms with Crippen molar-refractivity contribution in [2.45, 2.75) is 25.0 Å². The average Bonchev–Trinajstić information content (AvgIpc) is 2.51. The smallest absolute Gasteiger partial charge is 0.179 e. The van der Waals surface area contributed by atoms with E-state index in [1.807, 2.05) is 4.90 Å². The number of β-amino-alcohol motifs (C(OH)–C–C–N with tert-alkyl or cyclic N) is 1. The van der Waals surface area contributed by atoms with Gasteiger partial charge in [0.1, 0.15) is 5.60 Å². The largest absolute Gasteiger partial charge is 0.493 e. The predicted octanol–water partition coefficient (Wildman–Crippen LogP) is 2.33. The van der Waals surface area contributed by atoms with Gasteiger partial charge in [0.05, 0.1) is 30.9 Å². The van der Waals surface area contributed by atoms with Crippen LogP contribution in [0.1, 0.15) is 18.4 Å². The molecule has 1 heterocycles. The maximum Gasteiger partial charge on any atom is 0.179 e. The minimum absolute atomic E-state index is 0.253.